The third kappa shape index (κ3) is 3.69. The number of nitro groups is 1. The van der Waals surface area contributed by atoms with Crippen LogP contribution >= 0.6 is 15.9 Å². The average Bonchev–Trinajstić information content (AvgIpc) is 2.32. The van der Waals surface area contributed by atoms with Crippen molar-refractivity contribution < 1.29 is 14.8 Å². The minimum atomic E-state index is -0.870. The summed E-state index contributed by atoms with van der Waals surface area (Å²) in [5.41, 5.74) is 1.36. The van der Waals surface area contributed by atoms with E-state index in [0.717, 1.165) is 5.69 Å². The minimum Gasteiger partial charge on any atom is -0.481 e. The lowest BCUT2D eigenvalue weighted by Crippen LogP contribution is -2.34. The Morgan fingerprint density at radius 3 is 2.60 bits per heavy atom. The fraction of sp³-hybridized carbons (Fsp3) is 0.462. The first-order valence-electron chi connectivity index (χ1n) is 6.20. The Hall–Kier alpha value is -1.63. The lowest BCUT2D eigenvalue weighted by molar-refractivity contribution is -0.385. The lowest BCUT2D eigenvalue weighted by Gasteiger charge is -2.30. The van der Waals surface area contributed by atoms with Gasteiger partial charge in [-0.15, -0.1) is 0 Å². The first-order valence-corrected chi connectivity index (χ1v) is 7.00. The normalized spacial score (nSPS) is 12.0. The van der Waals surface area contributed by atoms with Crippen LogP contribution in [0.5, 0.6) is 0 Å². The molecular weight excluding hydrogens is 328 g/mol. The van der Waals surface area contributed by atoms with Gasteiger partial charge in [-0.1, -0.05) is 0 Å². The molecule has 0 aliphatic carbocycles. The Bertz CT molecular complexity index is 533. The molecule has 0 radical (unpaired) electrons. The van der Waals surface area contributed by atoms with Crippen molar-refractivity contribution in [3.8, 4) is 0 Å². The molecule has 1 unspecified atom stereocenters. The van der Waals surface area contributed by atoms with Gasteiger partial charge < -0.3 is 10.0 Å². The molecule has 0 spiro atoms. The van der Waals surface area contributed by atoms with Gasteiger partial charge in [-0.25, -0.2) is 0 Å². The molecule has 0 amide bonds. The molecule has 0 heterocycles. The van der Waals surface area contributed by atoms with Crippen LogP contribution < -0.4 is 4.90 Å². The third-order valence-electron chi connectivity index (χ3n) is 3.11. The number of halogens is 1. The number of hydrogen-bond acceptors (Lipinski definition) is 4. The number of carbonyl (C=O) groups is 1. The molecule has 0 saturated heterocycles. The molecule has 0 fully saturated rings. The molecule has 1 rings (SSSR count). The van der Waals surface area contributed by atoms with Gasteiger partial charge in [0.05, 0.1) is 17.0 Å². The average molecular weight is 345 g/mol. The molecule has 7 heteroatoms. The van der Waals surface area contributed by atoms with Crippen molar-refractivity contribution in [3.63, 3.8) is 0 Å². The second kappa shape index (κ2) is 6.69. The van der Waals surface area contributed by atoms with E-state index in [4.69, 9.17) is 5.11 Å². The van der Waals surface area contributed by atoms with E-state index < -0.39 is 10.9 Å². The second-order valence-corrected chi connectivity index (χ2v) is 5.43. The standard InChI is InChI=1S/C13H17BrN2O4/c1-4-15(9(3)6-13(17)18)12-5-8(2)11(16(19)20)7-10(12)14/h5,7,9H,4,6H2,1-3H3,(H,17,18). The monoisotopic (exact) mass is 344 g/mol. The number of aryl methyl sites for hydroxylation is 1. The highest BCUT2D eigenvalue weighted by atomic mass is 79.9. The quantitative estimate of drug-likeness (QED) is 0.631. The highest BCUT2D eigenvalue weighted by Gasteiger charge is 2.21. The van der Waals surface area contributed by atoms with Crippen LogP contribution in [0.2, 0.25) is 0 Å². The van der Waals surface area contributed by atoms with Crippen LogP contribution in [0.4, 0.5) is 11.4 Å². The van der Waals surface area contributed by atoms with E-state index in [-0.39, 0.29) is 18.2 Å². The van der Waals surface area contributed by atoms with Gasteiger partial charge in [0.25, 0.3) is 5.69 Å². The highest BCUT2D eigenvalue weighted by molar-refractivity contribution is 9.10. The fourth-order valence-electron chi connectivity index (χ4n) is 2.15. The molecule has 0 aliphatic rings. The molecule has 1 aromatic carbocycles. The highest BCUT2D eigenvalue weighted by Crippen LogP contribution is 2.34. The van der Waals surface area contributed by atoms with Gasteiger partial charge in [0, 0.05) is 28.7 Å². The predicted molar refractivity (Wildman–Crippen MR) is 80.3 cm³/mol. The van der Waals surface area contributed by atoms with Gasteiger partial charge in [-0.3, -0.25) is 14.9 Å². The summed E-state index contributed by atoms with van der Waals surface area (Å²) in [7, 11) is 0. The fourth-order valence-corrected chi connectivity index (χ4v) is 2.71. The van der Waals surface area contributed by atoms with Crippen molar-refractivity contribution in [1.82, 2.24) is 0 Å². The molecule has 1 N–H and O–H groups in total. The number of carboxylic acid groups (broad SMARTS) is 1. The summed E-state index contributed by atoms with van der Waals surface area (Å²) in [4.78, 5) is 23.2. The van der Waals surface area contributed by atoms with Crippen molar-refractivity contribution >= 4 is 33.3 Å². The van der Waals surface area contributed by atoms with E-state index in [1.807, 2.05) is 18.7 Å². The molecular formula is C13H17BrN2O4. The first-order chi connectivity index (χ1) is 9.27. The summed E-state index contributed by atoms with van der Waals surface area (Å²) in [5, 5.41) is 19.8. The van der Waals surface area contributed by atoms with Crippen LogP contribution in [0.3, 0.4) is 0 Å². The number of rotatable bonds is 6. The van der Waals surface area contributed by atoms with Crippen molar-refractivity contribution in [2.75, 3.05) is 11.4 Å². The molecule has 0 bridgehead atoms. The number of nitrogens with zero attached hydrogens (tertiary/aromatic N) is 2. The van der Waals surface area contributed by atoms with Crippen LogP contribution in [0.1, 0.15) is 25.8 Å². The Labute approximate surface area is 125 Å². The van der Waals surface area contributed by atoms with E-state index >= 15 is 0 Å². The van der Waals surface area contributed by atoms with E-state index in [1.165, 1.54) is 6.07 Å². The topological polar surface area (TPSA) is 83.7 Å². The Balaban J connectivity index is 3.19. The van der Waals surface area contributed by atoms with Crippen LogP contribution in [0.25, 0.3) is 0 Å². The summed E-state index contributed by atoms with van der Waals surface area (Å²) in [6.07, 6.45) is 0.0102. The Kier molecular flexibility index (Phi) is 5.50. The molecule has 6 nitrogen and oxygen atoms in total. The lowest BCUT2D eigenvalue weighted by atomic mass is 10.1. The van der Waals surface area contributed by atoms with Crippen LogP contribution in [0.15, 0.2) is 16.6 Å². The molecule has 1 atom stereocenters. The van der Waals surface area contributed by atoms with E-state index in [2.05, 4.69) is 15.9 Å². The summed E-state index contributed by atoms with van der Waals surface area (Å²) in [6, 6.07) is 2.97. The third-order valence-corrected chi connectivity index (χ3v) is 3.75. The SMILES string of the molecule is CCN(c1cc(C)c([N+](=O)[O-])cc1Br)C(C)CC(=O)O. The van der Waals surface area contributed by atoms with Crippen LogP contribution in [-0.4, -0.2) is 28.6 Å². The summed E-state index contributed by atoms with van der Waals surface area (Å²) < 4.78 is 0.592. The molecule has 0 aliphatic heterocycles. The number of aliphatic carboxylic acids is 1. The number of anilines is 1. The zero-order valence-corrected chi connectivity index (χ0v) is 13.2. The van der Waals surface area contributed by atoms with Gasteiger partial charge in [0.2, 0.25) is 0 Å². The van der Waals surface area contributed by atoms with Gasteiger partial charge in [0.1, 0.15) is 0 Å². The summed E-state index contributed by atoms with van der Waals surface area (Å²) in [6.45, 7) is 6.02. The largest absolute Gasteiger partial charge is 0.481 e. The Morgan fingerprint density at radius 1 is 1.55 bits per heavy atom. The Morgan fingerprint density at radius 2 is 2.15 bits per heavy atom. The molecule has 1 aromatic rings. The van der Waals surface area contributed by atoms with Crippen LogP contribution in [0, 0.1) is 17.0 Å². The molecule has 0 saturated carbocycles. The molecule has 0 aromatic heterocycles. The summed E-state index contributed by atoms with van der Waals surface area (Å²) in [5.74, 6) is -0.870. The van der Waals surface area contributed by atoms with E-state index in [9.17, 15) is 14.9 Å². The van der Waals surface area contributed by atoms with Crippen molar-refractivity contribution in [1.29, 1.82) is 0 Å². The van der Waals surface area contributed by atoms with Crippen molar-refractivity contribution in [2.24, 2.45) is 0 Å². The zero-order chi connectivity index (χ0) is 15.4. The summed E-state index contributed by atoms with van der Waals surface area (Å²) >= 11 is 3.33. The van der Waals surface area contributed by atoms with Gasteiger partial charge in [0.15, 0.2) is 0 Å². The van der Waals surface area contributed by atoms with Crippen molar-refractivity contribution in [2.45, 2.75) is 33.2 Å². The maximum atomic E-state index is 10.9. The van der Waals surface area contributed by atoms with Crippen molar-refractivity contribution in [3.05, 3.63) is 32.3 Å². The molecule has 110 valence electrons. The maximum Gasteiger partial charge on any atom is 0.305 e. The predicted octanol–water partition coefficient (Wildman–Crippen LogP) is 3.36. The van der Waals surface area contributed by atoms with Gasteiger partial charge in [-0.05, 0) is 42.8 Å². The number of hydrogen-bond donors (Lipinski definition) is 1. The smallest absolute Gasteiger partial charge is 0.305 e. The number of benzene rings is 1. The molecule has 20 heavy (non-hydrogen) atoms. The second-order valence-electron chi connectivity index (χ2n) is 4.58. The minimum absolute atomic E-state index is 0.0102. The first kappa shape index (κ1) is 16.4. The zero-order valence-electron chi connectivity index (χ0n) is 11.6. The number of nitro benzene ring substituents is 1. The number of carboxylic acids is 1. The van der Waals surface area contributed by atoms with E-state index in [0.29, 0.717) is 16.6 Å². The van der Waals surface area contributed by atoms with E-state index in [1.54, 1.807) is 13.0 Å². The van der Waals surface area contributed by atoms with Crippen LogP contribution in [-0.2, 0) is 4.79 Å². The van der Waals surface area contributed by atoms with Gasteiger partial charge >= 0.3 is 5.97 Å². The van der Waals surface area contributed by atoms with Gasteiger partial charge in [-0.2, -0.15) is 0 Å². The maximum absolute atomic E-state index is 10.9.